The fourth-order valence-corrected chi connectivity index (χ4v) is 2.94. The average Bonchev–Trinajstić information content (AvgIpc) is 2.94. The number of amides is 1. The molecule has 0 radical (unpaired) electrons. The van der Waals surface area contributed by atoms with Gasteiger partial charge in [-0.15, -0.1) is 0 Å². The molecule has 0 bridgehead atoms. The molecule has 7 heteroatoms. The fourth-order valence-electron chi connectivity index (χ4n) is 2.94. The third kappa shape index (κ3) is 2.79. The normalized spacial score (nSPS) is 21.7. The summed E-state index contributed by atoms with van der Waals surface area (Å²) < 4.78 is 13.6. The quantitative estimate of drug-likeness (QED) is 0.809. The molecule has 3 N–H and O–H groups in total. The smallest absolute Gasteiger partial charge is 0.306 e. The number of fused-ring (bicyclic) bond motifs is 1. The third-order valence-corrected chi connectivity index (χ3v) is 4.14. The van der Waals surface area contributed by atoms with Crippen LogP contribution in [0.2, 0.25) is 0 Å². The van der Waals surface area contributed by atoms with Crippen molar-refractivity contribution < 1.29 is 19.1 Å². The number of nitrogens with one attached hydrogen (secondary N) is 2. The first-order valence-corrected chi connectivity index (χ1v) is 7.21. The highest BCUT2D eigenvalue weighted by Gasteiger charge is 2.27. The highest BCUT2D eigenvalue weighted by Crippen LogP contribution is 2.25. The van der Waals surface area contributed by atoms with Gasteiger partial charge in [-0.2, -0.15) is 0 Å². The minimum Gasteiger partial charge on any atom is -0.481 e. The molecule has 0 unspecified atom stereocenters. The zero-order chi connectivity index (χ0) is 15.7. The van der Waals surface area contributed by atoms with Crippen molar-refractivity contribution >= 4 is 22.9 Å². The Morgan fingerprint density at radius 3 is 2.68 bits per heavy atom. The largest absolute Gasteiger partial charge is 0.481 e. The van der Waals surface area contributed by atoms with E-state index in [2.05, 4.69) is 15.3 Å². The van der Waals surface area contributed by atoms with Crippen LogP contribution in [0.5, 0.6) is 0 Å². The Kier molecular flexibility index (Phi) is 3.79. The first-order chi connectivity index (χ1) is 10.5. The Hall–Kier alpha value is -2.44. The summed E-state index contributed by atoms with van der Waals surface area (Å²) in [6.45, 7) is 0. The van der Waals surface area contributed by atoms with Crippen molar-refractivity contribution in [1.82, 2.24) is 15.3 Å². The molecule has 1 aliphatic carbocycles. The number of halogens is 1. The predicted molar refractivity (Wildman–Crippen MR) is 76.9 cm³/mol. The Morgan fingerprint density at radius 1 is 1.27 bits per heavy atom. The van der Waals surface area contributed by atoms with Gasteiger partial charge in [-0.3, -0.25) is 9.59 Å². The second kappa shape index (κ2) is 5.75. The molecule has 0 spiro atoms. The maximum atomic E-state index is 13.6. The monoisotopic (exact) mass is 305 g/mol. The van der Waals surface area contributed by atoms with E-state index in [1.54, 1.807) is 0 Å². The number of hydrogen-bond acceptors (Lipinski definition) is 3. The number of rotatable bonds is 3. The van der Waals surface area contributed by atoms with E-state index < -0.39 is 11.8 Å². The van der Waals surface area contributed by atoms with Crippen molar-refractivity contribution in [2.45, 2.75) is 31.7 Å². The minimum absolute atomic E-state index is 0.0830. The molecule has 1 amide bonds. The van der Waals surface area contributed by atoms with E-state index in [1.165, 1.54) is 18.5 Å². The van der Waals surface area contributed by atoms with Crippen LogP contribution in [-0.4, -0.2) is 33.0 Å². The number of aliphatic carboxylic acids is 1. The molecule has 1 saturated carbocycles. The number of H-pyrrole nitrogens is 1. The molecule has 116 valence electrons. The SMILES string of the molecule is O=C(NC1CCC(C(=O)O)CC1)c1cc(F)cc2[nH]cnc12. The average molecular weight is 305 g/mol. The van der Waals surface area contributed by atoms with Crippen LogP contribution >= 0.6 is 0 Å². The molecule has 1 aromatic carbocycles. The molecular weight excluding hydrogens is 289 g/mol. The van der Waals surface area contributed by atoms with Gasteiger partial charge in [-0.25, -0.2) is 9.37 Å². The fraction of sp³-hybridized carbons (Fsp3) is 0.400. The lowest BCUT2D eigenvalue weighted by atomic mass is 9.86. The Labute approximate surface area is 125 Å². The first-order valence-electron chi connectivity index (χ1n) is 7.21. The van der Waals surface area contributed by atoms with Crippen molar-refractivity contribution in [2.75, 3.05) is 0 Å². The Bertz CT molecular complexity index is 720. The third-order valence-electron chi connectivity index (χ3n) is 4.14. The molecule has 1 aliphatic rings. The number of nitrogens with zero attached hydrogens (tertiary/aromatic N) is 1. The second-order valence-electron chi connectivity index (χ2n) is 5.61. The topological polar surface area (TPSA) is 95.1 Å². The van der Waals surface area contributed by atoms with Crippen molar-refractivity contribution in [2.24, 2.45) is 5.92 Å². The number of aromatic amines is 1. The second-order valence-corrected chi connectivity index (χ2v) is 5.61. The molecule has 1 aromatic heterocycles. The van der Waals surface area contributed by atoms with Gasteiger partial charge in [0.25, 0.3) is 5.91 Å². The van der Waals surface area contributed by atoms with Crippen LogP contribution in [0.3, 0.4) is 0 Å². The number of imidazole rings is 1. The number of carbonyl (C=O) groups is 2. The number of carbonyl (C=O) groups excluding carboxylic acids is 1. The maximum Gasteiger partial charge on any atom is 0.306 e. The van der Waals surface area contributed by atoms with Gasteiger partial charge in [0.15, 0.2) is 0 Å². The molecule has 0 aliphatic heterocycles. The van der Waals surface area contributed by atoms with Crippen LogP contribution in [-0.2, 0) is 4.79 Å². The summed E-state index contributed by atoms with van der Waals surface area (Å²) in [5, 5.41) is 11.8. The highest BCUT2D eigenvalue weighted by atomic mass is 19.1. The van der Waals surface area contributed by atoms with Crippen molar-refractivity contribution in [1.29, 1.82) is 0 Å². The number of benzene rings is 1. The summed E-state index contributed by atoms with van der Waals surface area (Å²) in [6.07, 6.45) is 3.73. The zero-order valence-corrected chi connectivity index (χ0v) is 11.8. The van der Waals surface area contributed by atoms with E-state index in [0.29, 0.717) is 36.7 Å². The molecule has 1 fully saturated rings. The Balaban J connectivity index is 1.72. The number of aromatic nitrogens is 2. The van der Waals surface area contributed by atoms with Crippen LogP contribution < -0.4 is 5.32 Å². The molecule has 2 aromatic rings. The first kappa shape index (κ1) is 14.5. The summed E-state index contributed by atoms with van der Waals surface area (Å²) in [5.41, 5.74) is 1.09. The summed E-state index contributed by atoms with van der Waals surface area (Å²) in [6, 6.07) is 2.37. The summed E-state index contributed by atoms with van der Waals surface area (Å²) in [7, 11) is 0. The highest BCUT2D eigenvalue weighted by molar-refractivity contribution is 6.04. The summed E-state index contributed by atoms with van der Waals surface area (Å²) in [4.78, 5) is 30.1. The molecule has 6 nitrogen and oxygen atoms in total. The van der Waals surface area contributed by atoms with Crippen LogP contribution in [0.1, 0.15) is 36.0 Å². The van der Waals surface area contributed by atoms with Gasteiger partial charge in [-0.1, -0.05) is 0 Å². The van der Waals surface area contributed by atoms with E-state index in [-0.39, 0.29) is 23.4 Å². The minimum atomic E-state index is -0.784. The van der Waals surface area contributed by atoms with E-state index >= 15 is 0 Å². The number of carboxylic acid groups (broad SMARTS) is 1. The van der Waals surface area contributed by atoms with Gasteiger partial charge in [0, 0.05) is 6.04 Å². The molecule has 3 rings (SSSR count). The number of hydrogen-bond donors (Lipinski definition) is 3. The van der Waals surface area contributed by atoms with Crippen LogP contribution in [0, 0.1) is 11.7 Å². The van der Waals surface area contributed by atoms with Gasteiger partial charge in [0.05, 0.1) is 23.3 Å². The van der Waals surface area contributed by atoms with Crippen molar-refractivity contribution in [3.8, 4) is 0 Å². The summed E-state index contributed by atoms with van der Waals surface area (Å²) in [5.74, 6) is -2.00. The van der Waals surface area contributed by atoms with Gasteiger partial charge < -0.3 is 15.4 Å². The zero-order valence-electron chi connectivity index (χ0n) is 11.8. The lowest BCUT2D eigenvalue weighted by molar-refractivity contribution is -0.142. The number of carboxylic acids is 1. The standard InChI is InChI=1S/C15H16FN3O3/c16-9-5-11(13-12(6-9)17-7-18-13)14(20)19-10-3-1-8(2-4-10)15(21)22/h5-8,10H,1-4H2,(H,17,18)(H,19,20)(H,21,22). The lowest BCUT2D eigenvalue weighted by Crippen LogP contribution is -2.38. The van der Waals surface area contributed by atoms with Gasteiger partial charge in [0.2, 0.25) is 0 Å². The van der Waals surface area contributed by atoms with E-state index in [9.17, 15) is 14.0 Å². The Morgan fingerprint density at radius 2 is 2.00 bits per heavy atom. The maximum absolute atomic E-state index is 13.6. The van der Waals surface area contributed by atoms with E-state index in [0.717, 1.165) is 0 Å². The van der Waals surface area contributed by atoms with Crippen molar-refractivity contribution in [3.05, 3.63) is 29.8 Å². The molecule has 0 atom stereocenters. The van der Waals surface area contributed by atoms with Crippen LogP contribution in [0.4, 0.5) is 4.39 Å². The van der Waals surface area contributed by atoms with Gasteiger partial charge in [0.1, 0.15) is 11.3 Å². The van der Waals surface area contributed by atoms with Crippen LogP contribution in [0.15, 0.2) is 18.5 Å². The van der Waals surface area contributed by atoms with Gasteiger partial charge >= 0.3 is 5.97 Å². The molecule has 22 heavy (non-hydrogen) atoms. The van der Waals surface area contributed by atoms with Crippen molar-refractivity contribution in [3.63, 3.8) is 0 Å². The van der Waals surface area contributed by atoms with Crippen LogP contribution in [0.25, 0.3) is 11.0 Å². The van der Waals surface area contributed by atoms with E-state index in [4.69, 9.17) is 5.11 Å². The molecular formula is C15H16FN3O3. The van der Waals surface area contributed by atoms with E-state index in [1.807, 2.05) is 0 Å². The van der Waals surface area contributed by atoms with Gasteiger partial charge in [-0.05, 0) is 37.8 Å². The lowest BCUT2D eigenvalue weighted by Gasteiger charge is -2.26. The molecule has 0 saturated heterocycles. The summed E-state index contributed by atoms with van der Waals surface area (Å²) >= 11 is 0. The molecule has 1 heterocycles. The predicted octanol–water partition coefficient (Wildman–Crippen LogP) is 2.08.